The van der Waals surface area contributed by atoms with Crippen molar-refractivity contribution in [3.05, 3.63) is 12.1 Å². The second-order valence-corrected chi connectivity index (χ2v) is 6.36. The molecule has 7 nitrogen and oxygen atoms in total. The first-order valence-electron chi connectivity index (χ1n) is 7.06. The maximum atomic E-state index is 5.60. The molecule has 1 aromatic carbocycles. The van der Waals surface area contributed by atoms with Gasteiger partial charge in [0.2, 0.25) is 5.82 Å². The molecule has 0 spiro atoms. The summed E-state index contributed by atoms with van der Waals surface area (Å²) < 4.78 is 5.43. The molecule has 1 saturated heterocycles. The van der Waals surface area contributed by atoms with E-state index in [9.17, 15) is 0 Å². The number of nitrogens with zero attached hydrogens (tertiary/aromatic N) is 4. The predicted molar refractivity (Wildman–Crippen MR) is 89.7 cm³/mol. The van der Waals surface area contributed by atoms with E-state index in [2.05, 4.69) is 37.7 Å². The highest BCUT2D eigenvalue weighted by Crippen LogP contribution is 2.40. The zero-order chi connectivity index (χ0) is 15.4. The fraction of sp³-hybridized carbons (Fsp3) is 0.462. The quantitative estimate of drug-likeness (QED) is 0.554. The minimum absolute atomic E-state index is 0.557. The highest BCUT2D eigenvalue weighted by Gasteiger charge is 2.22. The van der Waals surface area contributed by atoms with Crippen molar-refractivity contribution in [1.82, 2.24) is 20.6 Å². The van der Waals surface area contributed by atoms with Crippen molar-refractivity contribution in [1.29, 1.82) is 0 Å². The molecule has 1 aliphatic rings. The Bertz CT molecular complexity index is 615. The number of hydrogen-bond donors (Lipinski definition) is 3. The van der Waals surface area contributed by atoms with Gasteiger partial charge in [-0.3, -0.25) is 0 Å². The number of ether oxygens (including phenoxy) is 1. The van der Waals surface area contributed by atoms with E-state index in [-0.39, 0.29) is 0 Å². The van der Waals surface area contributed by atoms with Gasteiger partial charge in [0.05, 0.1) is 18.8 Å². The molecule has 1 fully saturated rings. The number of hydrogen-bond acceptors (Lipinski definition) is 8. The molecule has 0 unspecified atom stereocenters. The predicted octanol–water partition coefficient (Wildman–Crippen LogP) is 1.04. The van der Waals surface area contributed by atoms with Gasteiger partial charge in [-0.2, -0.15) is 5.21 Å². The van der Waals surface area contributed by atoms with Gasteiger partial charge < -0.3 is 15.4 Å². The molecule has 0 bridgehead atoms. The van der Waals surface area contributed by atoms with Crippen molar-refractivity contribution in [3.8, 4) is 11.4 Å². The minimum Gasteiger partial charge on any atom is -0.378 e. The van der Waals surface area contributed by atoms with Crippen molar-refractivity contribution in [2.75, 3.05) is 43.5 Å². The van der Waals surface area contributed by atoms with E-state index in [0.717, 1.165) is 53.1 Å². The number of aromatic amines is 1. The van der Waals surface area contributed by atoms with Gasteiger partial charge in [0.25, 0.3) is 0 Å². The molecule has 0 aliphatic carbocycles. The summed E-state index contributed by atoms with van der Waals surface area (Å²) in [6.07, 6.45) is 0. The number of thiol groups is 1. The summed E-state index contributed by atoms with van der Waals surface area (Å²) in [5.74, 6) is 1.40. The van der Waals surface area contributed by atoms with E-state index < -0.39 is 0 Å². The van der Waals surface area contributed by atoms with Crippen LogP contribution in [0, 0.1) is 0 Å². The fourth-order valence-corrected chi connectivity index (χ4v) is 3.63. The summed E-state index contributed by atoms with van der Waals surface area (Å²) in [4.78, 5) is 4.21. The number of nitrogens with one attached hydrogen (secondary N) is 1. The molecule has 2 aromatic rings. The Labute approximate surface area is 138 Å². The molecule has 0 atom stereocenters. The van der Waals surface area contributed by atoms with Crippen LogP contribution in [0.4, 0.5) is 5.69 Å². The number of rotatable bonds is 5. The number of tetrazole rings is 1. The number of aromatic nitrogens is 4. The lowest BCUT2D eigenvalue weighted by atomic mass is 10.1. The Morgan fingerprint density at radius 3 is 2.86 bits per heavy atom. The zero-order valence-electron chi connectivity index (χ0n) is 12.0. The van der Waals surface area contributed by atoms with Crippen molar-refractivity contribution < 1.29 is 4.74 Å². The van der Waals surface area contributed by atoms with Crippen LogP contribution < -0.4 is 10.6 Å². The molecule has 1 aliphatic heterocycles. The molecule has 3 N–H and O–H groups in total. The summed E-state index contributed by atoms with van der Waals surface area (Å²) in [5.41, 5.74) is 7.56. The third kappa shape index (κ3) is 3.22. The normalized spacial score (nSPS) is 15.3. The van der Waals surface area contributed by atoms with Gasteiger partial charge in [0.15, 0.2) is 0 Å². The van der Waals surface area contributed by atoms with E-state index >= 15 is 0 Å². The van der Waals surface area contributed by atoms with E-state index in [1.54, 1.807) is 11.8 Å². The van der Waals surface area contributed by atoms with Crippen LogP contribution in [0.3, 0.4) is 0 Å². The number of nitrogens with two attached hydrogens (primary N) is 1. The summed E-state index contributed by atoms with van der Waals surface area (Å²) >= 11 is 6.40. The van der Waals surface area contributed by atoms with Crippen molar-refractivity contribution in [3.63, 3.8) is 0 Å². The Balaban J connectivity index is 2.03. The first-order chi connectivity index (χ1) is 10.8. The van der Waals surface area contributed by atoms with Crippen LogP contribution in [0.5, 0.6) is 0 Å². The number of benzene rings is 1. The van der Waals surface area contributed by atoms with Crippen LogP contribution in [-0.4, -0.2) is 59.2 Å². The monoisotopic (exact) mass is 338 g/mol. The van der Waals surface area contributed by atoms with Crippen LogP contribution in [-0.2, 0) is 4.74 Å². The molecule has 2 heterocycles. The Hall–Kier alpha value is -1.29. The third-order valence-electron chi connectivity index (χ3n) is 3.42. The van der Waals surface area contributed by atoms with Crippen LogP contribution >= 0.6 is 24.4 Å². The van der Waals surface area contributed by atoms with Gasteiger partial charge in [0.1, 0.15) is 0 Å². The maximum absolute atomic E-state index is 5.60. The van der Waals surface area contributed by atoms with Gasteiger partial charge in [0, 0.05) is 40.9 Å². The smallest absolute Gasteiger partial charge is 0.207 e. The highest BCUT2D eigenvalue weighted by molar-refractivity contribution is 7.99. The number of anilines is 1. The fourth-order valence-electron chi connectivity index (χ4n) is 2.40. The van der Waals surface area contributed by atoms with E-state index in [1.165, 1.54) is 0 Å². The number of thioether (sulfide) groups is 1. The second kappa shape index (κ2) is 7.32. The third-order valence-corrected chi connectivity index (χ3v) is 5.12. The van der Waals surface area contributed by atoms with Crippen LogP contribution in [0.15, 0.2) is 21.9 Å². The average Bonchev–Trinajstić information content (AvgIpc) is 3.08. The van der Waals surface area contributed by atoms with Crippen LogP contribution in [0.2, 0.25) is 0 Å². The Morgan fingerprint density at radius 1 is 1.36 bits per heavy atom. The van der Waals surface area contributed by atoms with E-state index in [0.29, 0.717) is 12.4 Å². The standard InChI is InChI=1S/C13H18N6OS2/c14-3-8-22-10-2-1-9(19-4-6-20-7-5-19)11(12(10)21)13-15-17-18-16-13/h1-2,21H,3-8,14H2,(H,15,16,17,18). The molecule has 22 heavy (non-hydrogen) atoms. The Kier molecular flexibility index (Phi) is 5.19. The van der Waals surface area contributed by atoms with Gasteiger partial charge in [-0.1, -0.05) is 0 Å². The molecular weight excluding hydrogens is 320 g/mol. The first-order valence-corrected chi connectivity index (χ1v) is 8.50. The van der Waals surface area contributed by atoms with E-state index in [4.69, 9.17) is 23.1 Å². The molecule has 1 aromatic heterocycles. The van der Waals surface area contributed by atoms with Crippen LogP contribution in [0.25, 0.3) is 11.4 Å². The van der Waals surface area contributed by atoms with Gasteiger partial charge in [-0.15, -0.1) is 34.6 Å². The average molecular weight is 338 g/mol. The number of H-pyrrole nitrogens is 1. The van der Waals surface area contributed by atoms with E-state index in [1.807, 2.05) is 0 Å². The first kappa shape index (κ1) is 15.6. The molecular formula is C13H18N6OS2. The van der Waals surface area contributed by atoms with Gasteiger partial charge in [-0.25, -0.2) is 0 Å². The Morgan fingerprint density at radius 2 is 2.18 bits per heavy atom. The summed E-state index contributed by atoms with van der Waals surface area (Å²) in [7, 11) is 0. The van der Waals surface area contributed by atoms with Gasteiger partial charge >= 0.3 is 0 Å². The molecule has 0 amide bonds. The molecule has 0 radical (unpaired) electrons. The minimum atomic E-state index is 0.557. The zero-order valence-corrected chi connectivity index (χ0v) is 13.7. The van der Waals surface area contributed by atoms with Gasteiger partial charge in [-0.05, 0) is 17.3 Å². The summed E-state index contributed by atoms with van der Waals surface area (Å²) in [6, 6.07) is 4.17. The second-order valence-electron chi connectivity index (χ2n) is 4.78. The SMILES string of the molecule is NCCSc1ccc(N2CCOCC2)c(-c2nn[nH]n2)c1S. The van der Waals surface area contributed by atoms with Crippen LogP contribution in [0.1, 0.15) is 0 Å². The molecule has 3 rings (SSSR count). The van der Waals surface area contributed by atoms with Crippen molar-refractivity contribution in [2.24, 2.45) is 5.73 Å². The lowest BCUT2D eigenvalue weighted by Crippen LogP contribution is -2.36. The largest absolute Gasteiger partial charge is 0.378 e. The summed E-state index contributed by atoms with van der Waals surface area (Å²) in [5, 5.41) is 14.5. The maximum Gasteiger partial charge on any atom is 0.207 e. The molecule has 118 valence electrons. The lowest BCUT2D eigenvalue weighted by molar-refractivity contribution is 0.122. The highest BCUT2D eigenvalue weighted by atomic mass is 32.2. The van der Waals surface area contributed by atoms with Crippen molar-refractivity contribution in [2.45, 2.75) is 9.79 Å². The number of morpholine rings is 1. The molecule has 0 saturated carbocycles. The topological polar surface area (TPSA) is 93.0 Å². The molecule has 9 heteroatoms. The summed E-state index contributed by atoms with van der Waals surface area (Å²) in [6.45, 7) is 3.75. The van der Waals surface area contributed by atoms with Crippen molar-refractivity contribution >= 4 is 30.1 Å². The lowest BCUT2D eigenvalue weighted by Gasteiger charge is -2.30.